The fourth-order valence-corrected chi connectivity index (χ4v) is 4.11. The van der Waals surface area contributed by atoms with E-state index in [9.17, 15) is 4.79 Å². The maximum atomic E-state index is 13.2. The first-order chi connectivity index (χ1) is 13.2. The van der Waals surface area contributed by atoms with Crippen LogP contribution in [0.2, 0.25) is 0 Å². The first-order valence-corrected chi connectivity index (χ1v) is 9.87. The minimum atomic E-state index is 0.135. The van der Waals surface area contributed by atoms with Crippen LogP contribution in [-0.2, 0) is 13.1 Å². The molecule has 0 bridgehead atoms. The van der Waals surface area contributed by atoms with E-state index in [1.807, 2.05) is 27.3 Å². The second-order valence-electron chi connectivity index (χ2n) is 7.50. The Morgan fingerprint density at radius 3 is 2.41 bits per heavy atom. The minimum absolute atomic E-state index is 0.135. The van der Waals surface area contributed by atoms with Crippen molar-refractivity contribution in [1.29, 1.82) is 0 Å². The smallest absolute Gasteiger partial charge is 0.317 e. The summed E-state index contributed by atoms with van der Waals surface area (Å²) < 4.78 is 3.99. The number of hydrogen-bond donors (Lipinski definition) is 1. The van der Waals surface area contributed by atoms with Crippen LogP contribution < -0.4 is 11.0 Å². The molecule has 5 heteroatoms. The summed E-state index contributed by atoms with van der Waals surface area (Å²) in [6, 6.07) is 19.0. The van der Waals surface area contributed by atoms with Gasteiger partial charge in [0.1, 0.15) is 0 Å². The molecule has 142 valence electrons. The second-order valence-corrected chi connectivity index (χ2v) is 7.50. The lowest BCUT2D eigenvalue weighted by atomic mass is 10.1. The van der Waals surface area contributed by atoms with E-state index in [2.05, 4.69) is 53.7 Å². The molecule has 0 radical (unpaired) electrons. The van der Waals surface area contributed by atoms with Crippen LogP contribution in [0.1, 0.15) is 24.4 Å². The van der Waals surface area contributed by atoms with Gasteiger partial charge in [-0.2, -0.15) is 0 Å². The minimum Gasteiger partial charge on any atom is -0.317 e. The number of piperidine rings is 1. The molecule has 1 aromatic heterocycles. The Labute approximate surface area is 160 Å². The molecule has 2 aromatic carbocycles. The average molecular weight is 364 g/mol. The van der Waals surface area contributed by atoms with Crippen LogP contribution in [0.15, 0.2) is 59.4 Å². The quantitative estimate of drug-likeness (QED) is 0.731. The molecule has 1 aliphatic heterocycles. The molecular formula is C22H28N4O. The molecule has 2 heterocycles. The fraction of sp³-hybridized carbons (Fsp3) is 0.409. The van der Waals surface area contributed by atoms with Crippen molar-refractivity contribution in [3.8, 4) is 0 Å². The highest BCUT2D eigenvalue weighted by molar-refractivity contribution is 5.76. The van der Waals surface area contributed by atoms with E-state index in [-0.39, 0.29) is 5.69 Å². The monoisotopic (exact) mass is 364 g/mol. The Bertz CT molecular complexity index is 938. The van der Waals surface area contributed by atoms with Gasteiger partial charge in [-0.1, -0.05) is 42.5 Å². The van der Waals surface area contributed by atoms with E-state index in [0.717, 1.165) is 50.1 Å². The first kappa shape index (κ1) is 18.0. The van der Waals surface area contributed by atoms with Crippen LogP contribution in [0.25, 0.3) is 11.0 Å². The summed E-state index contributed by atoms with van der Waals surface area (Å²) in [5.41, 5.74) is 3.55. The second kappa shape index (κ2) is 8.11. The van der Waals surface area contributed by atoms with Crippen molar-refractivity contribution in [2.24, 2.45) is 0 Å². The zero-order chi connectivity index (χ0) is 18.6. The van der Waals surface area contributed by atoms with Gasteiger partial charge in [0.25, 0.3) is 0 Å². The van der Waals surface area contributed by atoms with Crippen LogP contribution in [0.4, 0.5) is 0 Å². The molecule has 27 heavy (non-hydrogen) atoms. The maximum absolute atomic E-state index is 13.2. The van der Waals surface area contributed by atoms with Gasteiger partial charge < -0.3 is 10.2 Å². The summed E-state index contributed by atoms with van der Waals surface area (Å²) in [5.74, 6) is 0. The SMILES string of the molecule is CN(CCn1c(=O)n(C2CCNCC2)c2ccccc21)Cc1ccccc1. The molecule has 1 N–H and O–H groups in total. The number of nitrogens with one attached hydrogen (secondary N) is 1. The van der Waals surface area contributed by atoms with E-state index < -0.39 is 0 Å². The van der Waals surface area contributed by atoms with Gasteiger partial charge in [-0.3, -0.25) is 9.13 Å². The van der Waals surface area contributed by atoms with E-state index in [1.165, 1.54) is 5.56 Å². The maximum Gasteiger partial charge on any atom is 0.329 e. The number of rotatable bonds is 6. The Morgan fingerprint density at radius 1 is 1.00 bits per heavy atom. The number of likely N-dealkylation sites (N-methyl/N-ethyl adjacent to an activating group) is 1. The van der Waals surface area contributed by atoms with Gasteiger partial charge in [0.2, 0.25) is 0 Å². The predicted octanol–water partition coefficient (Wildman–Crippen LogP) is 2.86. The number of imidazole rings is 1. The van der Waals surface area contributed by atoms with Gasteiger partial charge in [-0.15, -0.1) is 0 Å². The van der Waals surface area contributed by atoms with E-state index in [4.69, 9.17) is 0 Å². The number of para-hydroxylation sites is 2. The summed E-state index contributed by atoms with van der Waals surface area (Å²) >= 11 is 0. The van der Waals surface area contributed by atoms with Crippen LogP contribution in [0, 0.1) is 0 Å². The molecule has 0 atom stereocenters. The van der Waals surface area contributed by atoms with Crippen molar-refractivity contribution < 1.29 is 0 Å². The molecule has 0 saturated carbocycles. The van der Waals surface area contributed by atoms with Crippen molar-refractivity contribution in [1.82, 2.24) is 19.4 Å². The van der Waals surface area contributed by atoms with Gasteiger partial charge in [-0.05, 0) is 50.7 Å². The van der Waals surface area contributed by atoms with Crippen LogP contribution in [-0.4, -0.2) is 40.7 Å². The van der Waals surface area contributed by atoms with Gasteiger partial charge in [0.05, 0.1) is 11.0 Å². The fourth-order valence-electron chi connectivity index (χ4n) is 4.11. The third-order valence-electron chi connectivity index (χ3n) is 5.54. The predicted molar refractivity (Wildman–Crippen MR) is 110 cm³/mol. The van der Waals surface area contributed by atoms with Crippen LogP contribution >= 0.6 is 0 Å². The van der Waals surface area contributed by atoms with Crippen LogP contribution in [0.3, 0.4) is 0 Å². The molecule has 0 unspecified atom stereocenters. The van der Waals surface area contributed by atoms with Crippen molar-refractivity contribution in [3.63, 3.8) is 0 Å². The summed E-state index contributed by atoms with van der Waals surface area (Å²) in [6.45, 7) is 4.41. The molecule has 3 aromatic rings. The Hall–Kier alpha value is -2.37. The Balaban J connectivity index is 1.56. The van der Waals surface area contributed by atoms with E-state index in [0.29, 0.717) is 12.6 Å². The van der Waals surface area contributed by atoms with Gasteiger partial charge >= 0.3 is 5.69 Å². The summed E-state index contributed by atoms with van der Waals surface area (Å²) in [6.07, 6.45) is 2.03. The Kier molecular flexibility index (Phi) is 5.41. The molecule has 4 rings (SSSR count). The molecular weight excluding hydrogens is 336 g/mol. The first-order valence-electron chi connectivity index (χ1n) is 9.87. The number of benzene rings is 2. The zero-order valence-corrected chi connectivity index (χ0v) is 16.0. The topological polar surface area (TPSA) is 42.2 Å². The van der Waals surface area contributed by atoms with Crippen molar-refractivity contribution in [2.45, 2.75) is 32.0 Å². The number of fused-ring (bicyclic) bond motifs is 1. The summed E-state index contributed by atoms with van der Waals surface area (Å²) in [5, 5.41) is 3.39. The molecule has 1 saturated heterocycles. The lowest BCUT2D eigenvalue weighted by molar-refractivity contribution is 0.308. The standard InChI is InChI=1S/C22H28N4O/c1-24(17-18-7-3-2-4-8-18)15-16-25-20-9-5-6-10-21(20)26(22(25)27)19-11-13-23-14-12-19/h2-10,19,23H,11-17H2,1H3. The van der Waals surface area contributed by atoms with Gasteiger partial charge in [0.15, 0.2) is 0 Å². The van der Waals surface area contributed by atoms with Crippen LogP contribution in [0.5, 0.6) is 0 Å². The highest BCUT2D eigenvalue weighted by Crippen LogP contribution is 2.23. The highest BCUT2D eigenvalue weighted by atomic mass is 16.1. The number of hydrogen-bond acceptors (Lipinski definition) is 3. The zero-order valence-electron chi connectivity index (χ0n) is 16.0. The van der Waals surface area contributed by atoms with Gasteiger partial charge in [0, 0.05) is 25.7 Å². The highest BCUT2D eigenvalue weighted by Gasteiger charge is 2.22. The largest absolute Gasteiger partial charge is 0.329 e. The molecule has 1 fully saturated rings. The molecule has 5 nitrogen and oxygen atoms in total. The third kappa shape index (κ3) is 3.84. The number of nitrogens with zero attached hydrogens (tertiary/aromatic N) is 3. The number of aromatic nitrogens is 2. The van der Waals surface area contributed by atoms with E-state index >= 15 is 0 Å². The molecule has 0 aliphatic carbocycles. The van der Waals surface area contributed by atoms with Crippen molar-refractivity contribution >= 4 is 11.0 Å². The summed E-state index contributed by atoms with van der Waals surface area (Å²) in [4.78, 5) is 15.5. The lowest BCUT2D eigenvalue weighted by Gasteiger charge is -2.23. The van der Waals surface area contributed by atoms with Gasteiger partial charge in [-0.25, -0.2) is 4.79 Å². The van der Waals surface area contributed by atoms with Crippen molar-refractivity contribution in [2.75, 3.05) is 26.7 Å². The average Bonchev–Trinajstić information content (AvgIpc) is 2.99. The molecule has 0 spiro atoms. The van der Waals surface area contributed by atoms with E-state index in [1.54, 1.807) is 0 Å². The summed E-state index contributed by atoms with van der Waals surface area (Å²) in [7, 11) is 2.12. The molecule has 0 amide bonds. The third-order valence-corrected chi connectivity index (χ3v) is 5.54. The Morgan fingerprint density at radius 2 is 1.67 bits per heavy atom. The van der Waals surface area contributed by atoms with Crippen molar-refractivity contribution in [3.05, 3.63) is 70.6 Å². The lowest BCUT2D eigenvalue weighted by Crippen LogP contribution is -2.35. The normalized spacial score (nSPS) is 15.6. The molecule has 1 aliphatic rings.